The van der Waals surface area contributed by atoms with Gasteiger partial charge in [0.1, 0.15) is 0 Å². The Bertz CT molecular complexity index is 1410. The molecule has 8 N–H and O–H groups in total. The Balaban J connectivity index is 1.94. The number of hydrogen-bond donors (Lipinski definition) is 5. The lowest BCUT2D eigenvalue weighted by molar-refractivity contribution is -0.119. The van der Waals surface area contributed by atoms with Crippen LogP contribution >= 0.6 is 0 Å². The Hall–Kier alpha value is -3.68. The zero-order valence-corrected chi connectivity index (χ0v) is 18.6. The first kappa shape index (κ1) is 22.5. The summed E-state index contributed by atoms with van der Waals surface area (Å²) in [7, 11) is -4.24. The van der Waals surface area contributed by atoms with Gasteiger partial charge in [-0.15, -0.1) is 5.11 Å². The predicted octanol–water partition coefficient (Wildman–Crippen LogP) is 0.983. The Morgan fingerprint density at radius 2 is 2.03 bits per heavy atom. The number of aromatic nitrogens is 2. The van der Waals surface area contributed by atoms with Crippen molar-refractivity contribution in [1.82, 2.24) is 14.7 Å². The van der Waals surface area contributed by atoms with Gasteiger partial charge in [0.2, 0.25) is 5.91 Å². The predicted molar refractivity (Wildman–Crippen MR) is 124 cm³/mol. The maximum absolute atomic E-state index is 13.1. The number of amidine groups is 1. The molecular formula is C20H23N9O3S. The Morgan fingerprint density at radius 3 is 2.70 bits per heavy atom. The van der Waals surface area contributed by atoms with Gasteiger partial charge in [0, 0.05) is 30.1 Å². The van der Waals surface area contributed by atoms with Crippen molar-refractivity contribution in [3.63, 3.8) is 0 Å². The summed E-state index contributed by atoms with van der Waals surface area (Å²) in [5, 5.41) is 7.97. The minimum absolute atomic E-state index is 0.112. The number of nitrogens with one attached hydrogen (secondary N) is 2. The van der Waals surface area contributed by atoms with Crippen LogP contribution < -0.4 is 21.9 Å². The number of carbonyl (C=O) groups excluding carboxylic acids is 1. The van der Waals surface area contributed by atoms with Crippen molar-refractivity contribution in [2.75, 3.05) is 12.4 Å². The lowest BCUT2D eigenvalue weighted by Crippen LogP contribution is -2.35. The molecule has 1 aliphatic heterocycles. The van der Waals surface area contributed by atoms with Crippen LogP contribution in [0.3, 0.4) is 0 Å². The Kier molecular flexibility index (Phi) is 5.93. The van der Waals surface area contributed by atoms with Crippen LogP contribution in [0.25, 0.3) is 22.2 Å². The molecule has 1 amide bonds. The summed E-state index contributed by atoms with van der Waals surface area (Å²) in [5.41, 5.74) is 20.7. The minimum atomic E-state index is -4.24. The van der Waals surface area contributed by atoms with Gasteiger partial charge in [0.25, 0.3) is 10.0 Å². The van der Waals surface area contributed by atoms with E-state index in [0.29, 0.717) is 27.7 Å². The molecule has 1 aromatic heterocycles. The summed E-state index contributed by atoms with van der Waals surface area (Å²) in [5.74, 6) is -0.231. The SMILES string of the molecule is C[C@H](N)CC(=O)NS(=O)(=O)c1ccc(-c2cccc3[nH]c(N)nc23)c(C2=NCN=N2)c1CN. The van der Waals surface area contributed by atoms with Crippen LogP contribution in [0.1, 0.15) is 24.5 Å². The molecule has 33 heavy (non-hydrogen) atoms. The number of imidazole rings is 1. The molecule has 0 radical (unpaired) electrons. The molecule has 12 nitrogen and oxygen atoms in total. The molecular weight excluding hydrogens is 446 g/mol. The average Bonchev–Trinajstić information content (AvgIpc) is 3.40. The highest BCUT2D eigenvalue weighted by Crippen LogP contribution is 2.35. The largest absolute Gasteiger partial charge is 0.369 e. The van der Waals surface area contributed by atoms with Gasteiger partial charge in [-0.3, -0.25) is 4.79 Å². The normalized spacial score (nSPS) is 14.5. The highest BCUT2D eigenvalue weighted by Gasteiger charge is 2.28. The van der Waals surface area contributed by atoms with Crippen LogP contribution in [0.4, 0.5) is 5.95 Å². The second-order valence-corrected chi connectivity index (χ2v) is 9.22. The number of hydrogen-bond acceptors (Lipinski definition) is 10. The first-order valence-electron chi connectivity index (χ1n) is 10.1. The molecule has 2 aromatic carbocycles. The van der Waals surface area contributed by atoms with E-state index >= 15 is 0 Å². The van der Waals surface area contributed by atoms with E-state index in [1.165, 1.54) is 6.07 Å². The van der Waals surface area contributed by atoms with Crippen LogP contribution in [0.15, 0.2) is 50.4 Å². The van der Waals surface area contributed by atoms with Gasteiger partial charge in [0.15, 0.2) is 18.5 Å². The topological polar surface area (TPSA) is 207 Å². The quantitative estimate of drug-likeness (QED) is 0.338. The molecule has 1 aliphatic rings. The summed E-state index contributed by atoms with van der Waals surface area (Å²) in [4.78, 5) is 23.6. The van der Waals surface area contributed by atoms with Crippen LogP contribution in [-0.4, -0.2) is 42.8 Å². The van der Waals surface area contributed by atoms with Crippen LogP contribution in [-0.2, 0) is 21.4 Å². The number of rotatable bonds is 7. The van der Waals surface area contributed by atoms with Crippen molar-refractivity contribution in [2.24, 2.45) is 26.7 Å². The molecule has 0 fully saturated rings. The van der Waals surface area contributed by atoms with Gasteiger partial charge in [-0.05, 0) is 30.2 Å². The van der Waals surface area contributed by atoms with E-state index in [0.717, 1.165) is 0 Å². The summed E-state index contributed by atoms with van der Waals surface area (Å²) < 4.78 is 28.2. The maximum Gasteiger partial charge on any atom is 0.264 e. The van der Waals surface area contributed by atoms with E-state index in [2.05, 4.69) is 29.9 Å². The molecule has 172 valence electrons. The van der Waals surface area contributed by atoms with Crippen LogP contribution in [0.2, 0.25) is 0 Å². The van der Waals surface area contributed by atoms with Gasteiger partial charge in [0.05, 0.1) is 15.9 Å². The number of H-pyrrole nitrogens is 1. The van der Waals surface area contributed by atoms with Gasteiger partial charge in [-0.2, -0.15) is 5.11 Å². The summed E-state index contributed by atoms with van der Waals surface area (Å²) in [6.45, 7) is 1.56. The van der Waals surface area contributed by atoms with Crippen molar-refractivity contribution >= 4 is 38.7 Å². The van der Waals surface area contributed by atoms with Crippen LogP contribution in [0.5, 0.6) is 0 Å². The molecule has 0 saturated heterocycles. The van der Waals surface area contributed by atoms with Crippen molar-refractivity contribution < 1.29 is 13.2 Å². The number of sulfonamides is 1. The van der Waals surface area contributed by atoms with Gasteiger partial charge < -0.3 is 22.2 Å². The summed E-state index contributed by atoms with van der Waals surface area (Å²) in [6, 6.07) is 7.97. The van der Waals surface area contributed by atoms with Crippen molar-refractivity contribution in [3.05, 3.63) is 41.5 Å². The smallest absolute Gasteiger partial charge is 0.264 e. The fraction of sp³-hybridized carbons (Fsp3) is 0.250. The monoisotopic (exact) mass is 469 g/mol. The summed E-state index contributed by atoms with van der Waals surface area (Å²) in [6.07, 6.45) is -0.147. The second kappa shape index (κ2) is 8.69. The van der Waals surface area contributed by atoms with Crippen molar-refractivity contribution in [3.8, 4) is 11.1 Å². The van der Waals surface area contributed by atoms with Crippen molar-refractivity contribution in [1.29, 1.82) is 0 Å². The molecule has 0 bridgehead atoms. The number of aliphatic imine (C=N–C) groups is 1. The minimum Gasteiger partial charge on any atom is -0.369 e. The fourth-order valence-electron chi connectivity index (χ4n) is 3.73. The molecule has 0 spiro atoms. The molecule has 0 unspecified atom stereocenters. The second-order valence-electron chi connectivity index (χ2n) is 7.57. The molecule has 1 atom stereocenters. The fourth-order valence-corrected chi connectivity index (χ4v) is 4.98. The highest BCUT2D eigenvalue weighted by molar-refractivity contribution is 7.90. The number of carbonyl (C=O) groups is 1. The zero-order valence-electron chi connectivity index (χ0n) is 17.7. The standard InChI is InChI=1S/C20H23N9O3S/c1-10(22)7-16(30)29-33(31,32)15-6-5-11(17(13(15)8-21)19-24-9-25-28-19)12-3-2-4-14-18(12)27-20(23)26-14/h2-6,10H,7-9,21-22H2,1H3,(H,29,30)(H3,23,26,27)/t10-/m0/s1. The van der Waals surface area contributed by atoms with E-state index in [-0.39, 0.29) is 41.9 Å². The number of benzene rings is 2. The van der Waals surface area contributed by atoms with E-state index < -0.39 is 22.0 Å². The average molecular weight is 470 g/mol. The molecule has 13 heteroatoms. The van der Waals surface area contributed by atoms with Gasteiger partial charge in [-0.1, -0.05) is 18.2 Å². The number of nitrogens with two attached hydrogens (primary N) is 3. The number of para-hydroxylation sites is 1. The van der Waals surface area contributed by atoms with Crippen molar-refractivity contribution in [2.45, 2.75) is 30.8 Å². The molecule has 0 aliphatic carbocycles. The molecule has 2 heterocycles. The highest BCUT2D eigenvalue weighted by atomic mass is 32.2. The van der Waals surface area contributed by atoms with Gasteiger partial charge in [-0.25, -0.2) is 23.1 Å². The number of azo groups is 1. The number of nitrogens with zero attached hydrogens (tertiary/aromatic N) is 4. The molecule has 4 rings (SSSR count). The third kappa shape index (κ3) is 4.33. The van der Waals surface area contributed by atoms with Gasteiger partial charge >= 0.3 is 0 Å². The Morgan fingerprint density at radius 1 is 1.24 bits per heavy atom. The maximum atomic E-state index is 13.1. The number of anilines is 1. The lowest BCUT2D eigenvalue weighted by Gasteiger charge is -2.18. The molecule has 0 saturated carbocycles. The van der Waals surface area contributed by atoms with E-state index in [1.807, 2.05) is 18.2 Å². The zero-order chi connectivity index (χ0) is 23.8. The van der Waals surface area contributed by atoms with E-state index in [1.54, 1.807) is 13.0 Å². The third-order valence-electron chi connectivity index (χ3n) is 5.01. The number of aromatic amines is 1. The van der Waals surface area contributed by atoms with Crippen LogP contribution in [0, 0.1) is 0 Å². The third-order valence-corrected chi connectivity index (χ3v) is 6.47. The number of amides is 1. The lowest BCUT2D eigenvalue weighted by atomic mass is 9.93. The van der Waals surface area contributed by atoms with E-state index in [9.17, 15) is 13.2 Å². The van der Waals surface area contributed by atoms with E-state index in [4.69, 9.17) is 17.2 Å². The molecule has 3 aromatic rings. The first-order valence-corrected chi connectivity index (χ1v) is 11.5. The first-order chi connectivity index (χ1) is 15.7. The summed E-state index contributed by atoms with van der Waals surface area (Å²) >= 11 is 0. The number of nitrogen functional groups attached to an aromatic ring is 1. The number of fused-ring (bicyclic) bond motifs is 1. The Labute approximate surface area is 189 Å².